The lowest BCUT2D eigenvalue weighted by Crippen LogP contribution is -2.52. The molecule has 0 radical (unpaired) electrons. The van der Waals surface area contributed by atoms with E-state index in [1.807, 2.05) is 36.4 Å². The highest BCUT2D eigenvalue weighted by atomic mass is 16.3. The Hall–Kier alpha value is -2.73. The van der Waals surface area contributed by atoms with Crippen molar-refractivity contribution < 1.29 is 14.7 Å². The van der Waals surface area contributed by atoms with Crippen molar-refractivity contribution in [2.45, 2.75) is 39.3 Å². The first-order valence-corrected chi connectivity index (χ1v) is 9.17. The van der Waals surface area contributed by atoms with Gasteiger partial charge in [-0.05, 0) is 31.4 Å². The van der Waals surface area contributed by atoms with E-state index in [1.165, 1.54) is 6.92 Å². The van der Waals surface area contributed by atoms with E-state index in [1.54, 1.807) is 12.1 Å². The lowest BCUT2D eigenvalue weighted by Gasteiger charge is -2.21. The zero-order valence-electron chi connectivity index (χ0n) is 16.0. The second-order valence-electron chi connectivity index (χ2n) is 6.94. The molecule has 0 bridgehead atoms. The van der Waals surface area contributed by atoms with Crippen molar-refractivity contribution >= 4 is 11.8 Å². The fraction of sp³-hybridized carbons (Fsp3) is 0.381. The first-order chi connectivity index (χ1) is 12.9. The SMILES string of the molecule is CC(C)CCNC(=O)[C@@H](NC(=O)c1cccc(-c2ccccc2)n1)[C@@H](C)O. The van der Waals surface area contributed by atoms with Crippen LogP contribution in [0.25, 0.3) is 11.3 Å². The summed E-state index contributed by atoms with van der Waals surface area (Å²) in [6, 6.07) is 13.6. The topological polar surface area (TPSA) is 91.3 Å². The molecule has 6 heteroatoms. The molecule has 0 spiro atoms. The molecular formula is C21H27N3O3. The number of carbonyl (C=O) groups is 2. The molecule has 0 fully saturated rings. The van der Waals surface area contributed by atoms with Gasteiger partial charge in [0.2, 0.25) is 5.91 Å². The lowest BCUT2D eigenvalue weighted by molar-refractivity contribution is -0.125. The second-order valence-corrected chi connectivity index (χ2v) is 6.94. The van der Waals surface area contributed by atoms with E-state index < -0.39 is 24.0 Å². The molecule has 144 valence electrons. The van der Waals surface area contributed by atoms with E-state index in [0.29, 0.717) is 18.2 Å². The van der Waals surface area contributed by atoms with Crippen LogP contribution >= 0.6 is 0 Å². The summed E-state index contributed by atoms with van der Waals surface area (Å²) in [7, 11) is 0. The van der Waals surface area contributed by atoms with Crippen LogP contribution in [0.3, 0.4) is 0 Å². The van der Waals surface area contributed by atoms with Crippen molar-refractivity contribution in [3.63, 3.8) is 0 Å². The second kappa shape index (κ2) is 9.83. The molecule has 2 aromatic rings. The van der Waals surface area contributed by atoms with Crippen molar-refractivity contribution in [3.8, 4) is 11.3 Å². The van der Waals surface area contributed by atoms with Gasteiger partial charge >= 0.3 is 0 Å². The van der Waals surface area contributed by atoms with Crippen LogP contribution in [0, 0.1) is 5.92 Å². The minimum Gasteiger partial charge on any atom is -0.391 e. The number of aliphatic hydroxyl groups is 1. The highest BCUT2D eigenvalue weighted by molar-refractivity contribution is 5.96. The molecule has 27 heavy (non-hydrogen) atoms. The summed E-state index contributed by atoms with van der Waals surface area (Å²) in [6.45, 7) is 6.09. The Labute approximate surface area is 160 Å². The summed E-state index contributed by atoms with van der Waals surface area (Å²) in [5, 5.41) is 15.3. The van der Waals surface area contributed by atoms with Gasteiger partial charge in [0.05, 0.1) is 11.8 Å². The van der Waals surface area contributed by atoms with Crippen LogP contribution < -0.4 is 10.6 Å². The van der Waals surface area contributed by atoms with Crippen molar-refractivity contribution in [1.29, 1.82) is 0 Å². The van der Waals surface area contributed by atoms with Gasteiger partial charge in [-0.1, -0.05) is 50.2 Å². The number of nitrogens with one attached hydrogen (secondary N) is 2. The monoisotopic (exact) mass is 369 g/mol. The zero-order chi connectivity index (χ0) is 19.8. The van der Waals surface area contributed by atoms with Gasteiger partial charge in [0.1, 0.15) is 11.7 Å². The molecule has 2 rings (SSSR count). The van der Waals surface area contributed by atoms with Crippen LogP contribution in [0.15, 0.2) is 48.5 Å². The van der Waals surface area contributed by atoms with Gasteiger partial charge in [-0.3, -0.25) is 9.59 Å². The molecule has 0 aliphatic heterocycles. The maximum absolute atomic E-state index is 12.6. The number of rotatable bonds is 8. The lowest BCUT2D eigenvalue weighted by atomic mass is 10.1. The quantitative estimate of drug-likeness (QED) is 0.666. The van der Waals surface area contributed by atoms with E-state index in [-0.39, 0.29) is 5.69 Å². The number of aliphatic hydroxyl groups excluding tert-OH is 1. The molecule has 2 amide bonds. The number of benzene rings is 1. The Balaban J connectivity index is 2.08. The molecule has 1 heterocycles. The van der Waals surface area contributed by atoms with E-state index in [9.17, 15) is 14.7 Å². The summed E-state index contributed by atoms with van der Waals surface area (Å²) in [4.78, 5) is 29.3. The fourth-order valence-electron chi connectivity index (χ4n) is 2.55. The van der Waals surface area contributed by atoms with Gasteiger partial charge < -0.3 is 15.7 Å². The molecule has 2 atom stereocenters. The number of hydrogen-bond donors (Lipinski definition) is 3. The summed E-state index contributed by atoms with van der Waals surface area (Å²) in [5.41, 5.74) is 1.75. The van der Waals surface area contributed by atoms with Crippen molar-refractivity contribution in [2.75, 3.05) is 6.54 Å². The molecule has 1 aromatic carbocycles. The van der Waals surface area contributed by atoms with Crippen LogP contribution in [-0.4, -0.2) is 40.6 Å². The molecule has 0 unspecified atom stereocenters. The van der Waals surface area contributed by atoms with Gasteiger partial charge in [0.25, 0.3) is 5.91 Å². The molecule has 0 saturated heterocycles. The maximum Gasteiger partial charge on any atom is 0.270 e. The third kappa shape index (κ3) is 6.18. The normalized spacial score (nSPS) is 13.1. The number of nitrogens with zero attached hydrogens (tertiary/aromatic N) is 1. The van der Waals surface area contributed by atoms with Gasteiger partial charge in [-0.2, -0.15) is 0 Å². The van der Waals surface area contributed by atoms with Crippen LogP contribution in [0.4, 0.5) is 0 Å². The molecular weight excluding hydrogens is 342 g/mol. The van der Waals surface area contributed by atoms with Crippen molar-refractivity contribution in [2.24, 2.45) is 5.92 Å². The number of pyridine rings is 1. The molecule has 0 saturated carbocycles. The first kappa shape index (κ1) is 20.6. The Kier molecular flexibility index (Phi) is 7.49. The molecule has 0 aliphatic carbocycles. The Morgan fingerprint density at radius 2 is 1.74 bits per heavy atom. The predicted octanol–water partition coefficient (Wildman–Crippen LogP) is 2.39. The minimum atomic E-state index is -1.04. The van der Waals surface area contributed by atoms with E-state index in [0.717, 1.165) is 12.0 Å². The van der Waals surface area contributed by atoms with Crippen LogP contribution in [-0.2, 0) is 4.79 Å². The molecule has 1 aromatic heterocycles. The summed E-state index contributed by atoms with van der Waals surface area (Å²) >= 11 is 0. The number of hydrogen-bond acceptors (Lipinski definition) is 4. The summed E-state index contributed by atoms with van der Waals surface area (Å²) < 4.78 is 0. The van der Waals surface area contributed by atoms with Gasteiger partial charge in [-0.25, -0.2) is 4.98 Å². The average Bonchev–Trinajstić information content (AvgIpc) is 2.66. The van der Waals surface area contributed by atoms with E-state index in [2.05, 4.69) is 29.5 Å². The largest absolute Gasteiger partial charge is 0.391 e. The number of aromatic nitrogens is 1. The number of amides is 2. The molecule has 0 aliphatic rings. The van der Waals surface area contributed by atoms with E-state index >= 15 is 0 Å². The predicted molar refractivity (Wildman–Crippen MR) is 105 cm³/mol. The Morgan fingerprint density at radius 1 is 1.04 bits per heavy atom. The third-order valence-corrected chi connectivity index (χ3v) is 4.12. The molecule has 3 N–H and O–H groups in total. The zero-order valence-corrected chi connectivity index (χ0v) is 16.0. The number of carbonyl (C=O) groups excluding carboxylic acids is 2. The highest BCUT2D eigenvalue weighted by Crippen LogP contribution is 2.16. The van der Waals surface area contributed by atoms with Crippen molar-refractivity contribution in [1.82, 2.24) is 15.6 Å². The summed E-state index contributed by atoms with van der Waals surface area (Å²) in [5.74, 6) is -0.453. The van der Waals surface area contributed by atoms with Gasteiger partial charge in [0.15, 0.2) is 0 Å². The fourth-order valence-corrected chi connectivity index (χ4v) is 2.55. The Morgan fingerprint density at radius 3 is 2.37 bits per heavy atom. The van der Waals surface area contributed by atoms with Gasteiger partial charge in [0, 0.05) is 12.1 Å². The van der Waals surface area contributed by atoms with E-state index in [4.69, 9.17) is 0 Å². The van der Waals surface area contributed by atoms with Gasteiger partial charge in [-0.15, -0.1) is 0 Å². The highest BCUT2D eigenvalue weighted by Gasteiger charge is 2.26. The van der Waals surface area contributed by atoms with Crippen LogP contribution in [0.5, 0.6) is 0 Å². The standard InChI is InChI=1S/C21H27N3O3/c1-14(2)12-13-22-21(27)19(15(3)25)24-20(26)18-11-7-10-17(23-18)16-8-5-4-6-9-16/h4-11,14-15,19,25H,12-13H2,1-3H3,(H,22,27)(H,24,26)/t15-,19+/m1/s1. The smallest absolute Gasteiger partial charge is 0.270 e. The van der Waals surface area contributed by atoms with Crippen LogP contribution in [0.2, 0.25) is 0 Å². The third-order valence-electron chi connectivity index (χ3n) is 4.12. The minimum absolute atomic E-state index is 0.192. The first-order valence-electron chi connectivity index (χ1n) is 9.17. The maximum atomic E-state index is 12.6. The molecule has 6 nitrogen and oxygen atoms in total. The summed E-state index contributed by atoms with van der Waals surface area (Å²) in [6.07, 6.45) is -0.197. The van der Waals surface area contributed by atoms with Crippen LogP contribution in [0.1, 0.15) is 37.7 Å². The Bertz CT molecular complexity index is 760. The van der Waals surface area contributed by atoms with Crippen molar-refractivity contribution in [3.05, 3.63) is 54.2 Å². The average molecular weight is 369 g/mol.